The SMILES string of the molecule is CCc1ccc(-c2c(CC)sc3nc(Cl)nc(N4CCN(C=O)CC4)c23)cc1. The smallest absolute Gasteiger partial charge is 0.225 e. The number of amides is 1. The Bertz CT molecular complexity index is 994. The first kappa shape index (κ1) is 19.2. The average molecular weight is 415 g/mol. The zero-order chi connectivity index (χ0) is 19.7. The number of hydrogen-bond acceptors (Lipinski definition) is 5. The van der Waals surface area contributed by atoms with Crippen LogP contribution >= 0.6 is 22.9 Å². The molecule has 3 aromatic rings. The molecule has 1 aromatic carbocycles. The number of piperazine rings is 1. The molecule has 4 rings (SSSR count). The quantitative estimate of drug-likeness (QED) is 0.458. The van der Waals surface area contributed by atoms with Crippen molar-refractivity contribution in [1.29, 1.82) is 0 Å². The molecule has 1 fully saturated rings. The zero-order valence-corrected chi connectivity index (χ0v) is 17.7. The molecule has 5 nitrogen and oxygen atoms in total. The molecule has 2 aromatic heterocycles. The number of anilines is 1. The van der Waals surface area contributed by atoms with Crippen LogP contribution < -0.4 is 4.90 Å². The molecular formula is C21H23ClN4OS. The summed E-state index contributed by atoms with van der Waals surface area (Å²) in [6, 6.07) is 8.78. The van der Waals surface area contributed by atoms with E-state index in [0.29, 0.717) is 13.1 Å². The highest BCUT2D eigenvalue weighted by molar-refractivity contribution is 7.19. The summed E-state index contributed by atoms with van der Waals surface area (Å²) in [5.41, 5.74) is 3.74. The van der Waals surface area contributed by atoms with E-state index in [1.54, 1.807) is 16.2 Å². The lowest BCUT2D eigenvalue weighted by Gasteiger charge is -2.33. The third-order valence-electron chi connectivity index (χ3n) is 5.31. The first-order valence-electron chi connectivity index (χ1n) is 9.67. The Hall–Kier alpha value is -2.18. The van der Waals surface area contributed by atoms with Crippen molar-refractivity contribution in [3.05, 3.63) is 40.0 Å². The van der Waals surface area contributed by atoms with Gasteiger partial charge in [-0.25, -0.2) is 4.98 Å². The van der Waals surface area contributed by atoms with Crippen molar-refractivity contribution in [2.75, 3.05) is 31.1 Å². The summed E-state index contributed by atoms with van der Waals surface area (Å²) in [5.74, 6) is 0.881. The van der Waals surface area contributed by atoms with Crippen molar-refractivity contribution in [2.45, 2.75) is 26.7 Å². The molecule has 1 saturated heterocycles. The summed E-state index contributed by atoms with van der Waals surface area (Å²) in [7, 11) is 0. The predicted octanol–water partition coefficient (Wildman–Crippen LogP) is 4.41. The highest BCUT2D eigenvalue weighted by Gasteiger charge is 2.25. The van der Waals surface area contributed by atoms with Gasteiger partial charge < -0.3 is 9.80 Å². The highest BCUT2D eigenvalue weighted by Crippen LogP contribution is 2.43. The number of fused-ring (bicyclic) bond motifs is 1. The molecule has 1 aliphatic rings. The Morgan fingerprint density at radius 1 is 1.07 bits per heavy atom. The normalized spacial score (nSPS) is 14.7. The Kier molecular flexibility index (Phi) is 5.51. The van der Waals surface area contributed by atoms with Gasteiger partial charge >= 0.3 is 0 Å². The lowest BCUT2D eigenvalue weighted by Crippen LogP contribution is -2.46. The number of hydrogen-bond donors (Lipinski definition) is 0. The average Bonchev–Trinajstić information content (AvgIpc) is 3.11. The molecule has 7 heteroatoms. The van der Waals surface area contributed by atoms with Crippen molar-refractivity contribution in [3.63, 3.8) is 0 Å². The van der Waals surface area contributed by atoms with Crippen molar-refractivity contribution in [1.82, 2.24) is 14.9 Å². The fourth-order valence-electron chi connectivity index (χ4n) is 3.73. The van der Waals surface area contributed by atoms with Gasteiger partial charge in [-0.15, -0.1) is 11.3 Å². The van der Waals surface area contributed by atoms with E-state index in [1.807, 2.05) is 0 Å². The Labute approximate surface area is 174 Å². The fraction of sp³-hybridized carbons (Fsp3) is 0.381. The van der Waals surface area contributed by atoms with Gasteiger partial charge in [0.1, 0.15) is 10.6 Å². The molecule has 1 aliphatic heterocycles. The molecule has 0 aliphatic carbocycles. The highest BCUT2D eigenvalue weighted by atomic mass is 35.5. The standard InChI is InChI=1S/C21H23ClN4OS/c1-3-14-5-7-15(8-6-14)17-16(4-2)28-20-18(17)19(23-21(22)24-20)26-11-9-25(13-27)10-12-26/h5-8,13H,3-4,9-12H2,1-2H3. The summed E-state index contributed by atoms with van der Waals surface area (Å²) in [4.78, 5) is 26.5. The van der Waals surface area contributed by atoms with Crippen LogP contribution in [0.5, 0.6) is 0 Å². The predicted molar refractivity (Wildman–Crippen MR) is 116 cm³/mol. The summed E-state index contributed by atoms with van der Waals surface area (Å²) in [5, 5.41) is 1.35. The molecule has 0 spiro atoms. The first-order chi connectivity index (χ1) is 13.6. The van der Waals surface area contributed by atoms with Gasteiger partial charge in [0.2, 0.25) is 11.7 Å². The number of aromatic nitrogens is 2. The molecule has 28 heavy (non-hydrogen) atoms. The van der Waals surface area contributed by atoms with Gasteiger partial charge in [0.15, 0.2) is 0 Å². The third-order valence-corrected chi connectivity index (χ3v) is 6.71. The van der Waals surface area contributed by atoms with Crippen molar-refractivity contribution in [2.24, 2.45) is 0 Å². The topological polar surface area (TPSA) is 49.3 Å². The second kappa shape index (κ2) is 8.05. The molecule has 1 amide bonds. The minimum absolute atomic E-state index is 0.275. The first-order valence-corrected chi connectivity index (χ1v) is 10.9. The Morgan fingerprint density at radius 3 is 2.39 bits per heavy atom. The van der Waals surface area contributed by atoms with E-state index < -0.39 is 0 Å². The van der Waals surface area contributed by atoms with Gasteiger partial charge in [-0.05, 0) is 35.6 Å². The molecule has 0 radical (unpaired) electrons. The van der Waals surface area contributed by atoms with Gasteiger partial charge in [0, 0.05) is 36.6 Å². The van der Waals surface area contributed by atoms with Crippen LogP contribution in [0.1, 0.15) is 24.3 Å². The molecule has 146 valence electrons. The summed E-state index contributed by atoms with van der Waals surface area (Å²) in [6.45, 7) is 7.21. The summed E-state index contributed by atoms with van der Waals surface area (Å²) >= 11 is 7.98. The summed E-state index contributed by atoms with van der Waals surface area (Å²) < 4.78 is 0. The van der Waals surface area contributed by atoms with Crippen molar-refractivity contribution in [3.8, 4) is 11.1 Å². The molecule has 0 bridgehead atoms. The molecule has 3 heterocycles. The minimum Gasteiger partial charge on any atom is -0.352 e. The van der Waals surface area contributed by atoms with Crippen LogP contribution in [0.2, 0.25) is 5.28 Å². The third kappa shape index (κ3) is 3.47. The number of benzene rings is 1. The lowest BCUT2D eigenvalue weighted by atomic mass is 10.00. The Morgan fingerprint density at radius 2 is 1.79 bits per heavy atom. The number of thiophene rings is 1. The molecule has 0 saturated carbocycles. The van der Waals surface area contributed by atoms with Crippen LogP contribution in [0.25, 0.3) is 21.3 Å². The van der Waals surface area contributed by atoms with Crippen LogP contribution in [0.3, 0.4) is 0 Å². The van der Waals surface area contributed by atoms with Gasteiger partial charge in [0.05, 0.1) is 5.39 Å². The van der Waals surface area contributed by atoms with E-state index >= 15 is 0 Å². The maximum atomic E-state index is 11.1. The lowest BCUT2D eigenvalue weighted by molar-refractivity contribution is -0.118. The van der Waals surface area contributed by atoms with E-state index in [9.17, 15) is 4.79 Å². The second-order valence-corrected chi connectivity index (χ2v) is 8.35. The minimum atomic E-state index is 0.275. The number of rotatable bonds is 5. The molecule has 0 N–H and O–H groups in total. The van der Waals surface area contributed by atoms with Gasteiger partial charge in [0.25, 0.3) is 0 Å². The van der Waals surface area contributed by atoms with E-state index in [2.05, 4.69) is 53.0 Å². The molecule has 0 unspecified atom stereocenters. The maximum Gasteiger partial charge on any atom is 0.225 e. The molecule has 0 atom stereocenters. The number of nitrogens with zero attached hydrogens (tertiary/aromatic N) is 4. The zero-order valence-electron chi connectivity index (χ0n) is 16.1. The number of carbonyl (C=O) groups excluding carboxylic acids is 1. The van der Waals surface area contributed by atoms with Crippen LogP contribution in [-0.2, 0) is 17.6 Å². The monoisotopic (exact) mass is 414 g/mol. The van der Waals surface area contributed by atoms with Crippen LogP contribution in [-0.4, -0.2) is 47.5 Å². The van der Waals surface area contributed by atoms with E-state index in [1.165, 1.54) is 21.6 Å². The fourth-order valence-corrected chi connectivity index (χ4v) is 5.07. The van der Waals surface area contributed by atoms with E-state index in [0.717, 1.165) is 48.4 Å². The van der Waals surface area contributed by atoms with Crippen LogP contribution in [0.4, 0.5) is 5.82 Å². The second-order valence-electron chi connectivity index (χ2n) is 6.93. The van der Waals surface area contributed by atoms with Crippen LogP contribution in [0.15, 0.2) is 24.3 Å². The summed E-state index contributed by atoms with van der Waals surface area (Å²) in [6.07, 6.45) is 2.87. The van der Waals surface area contributed by atoms with Gasteiger partial charge in [-0.2, -0.15) is 4.98 Å². The van der Waals surface area contributed by atoms with Crippen molar-refractivity contribution >= 4 is 45.4 Å². The van der Waals surface area contributed by atoms with Crippen molar-refractivity contribution < 1.29 is 4.79 Å². The Balaban J connectivity index is 1.87. The van der Waals surface area contributed by atoms with E-state index in [4.69, 9.17) is 11.6 Å². The van der Waals surface area contributed by atoms with Crippen LogP contribution in [0, 0.1) is 0 Å². The van der Waals surface area contributed by atoms with Gasteiger partial charge in [-0.1, -0.05) is 38.1 Å². The van der Waals surface area contributed by atoms with Gasteiger partial charge in [-0.3, -0.25) is 4.79 Å². The largest absolute Gasteiger partial charge is 0.352 e. The number of halogens is 1. The van der Waals surface area contributed by atoms with E-state index in [-0.39, 0.29) is 5.28 Å². The number of aryl methyl sites for hydroxylation is 2. The molecular weight excluding hydrogens is 392 g/mol. The maximum absolute atomic E-state index is 11.1. The number of carbonyl (C=O) groups is 1.